The maximum absolute atomic E-state index is 12.3. The van der Waals surface area contributed by atoms with Crippen LogP contribution in [0.2, 0.25) is 0 Å². The third-order valence-electron chi connectivity index (χ3n) is 7.33. The summed E-state index contributed by atoms with van der Waals surface area (Å²) >= 11 is 0. The van der Waals surface area contributed by atoms with Gasteiger partial charge >= 0.3 is 19.8 Å². The van der Waals surface area contributed by atoms with Crippen molar-refractivity contribution in [1.82, 2.24) is 0 Å². The van der Waals surface area contributed by atoms with Crippen LogP contribution >= 0.6 is 7.82 Å². The highest BCUT2D eigenvalue weighted by Crippen LogP contribution is 2.35. The standard InChI is InChI=1S/C37H65O8P/c1-3-5-7-9-11-13-15-17-18-20-21-23-25-27-29-31-36(38)43-33-35(34-44-46(40,41)42)45-37(39)32-30-28-26-24-22-19-16-14-12-10-8-6-4-2/h5,7,11,13-14,16-18,35H,3-4,6,8-10,12,15,19-34H2,1-2H3,(H2,40,41,42)/b7-5-,13-11-,16-14-,18-17-/t35-/m1/s1. The van der Waals surface area contributed by atoms with Crippen molar-refractivity contribution in [3.63, 3.8) is 0 Å². The Hall–Kier alpha value is -1.99. The van der Waals surface area contributed by atoms with Gasteiger partial charge in [-0.25, -0.2) is 4.57 Å². The van der Waals surface area contributed by atoms with Gasteiger partial charge in [-0.15, -0.1) is 0 Å². The molecule has 0 fully saturated rings. The first kappa shape index (κ1) is 44.0. The highest BCUT2D eigenvalue weighted by molar-refractivity contribution is 7.46. The van der Waals surface area contributed by atoms with E-state index < -0.39 is 32.5 Å². The summed E-state index contributed by atoms with van der Waals surface area (Å²) in [5, 5.41) is 0. The number of rotatable bonds is 32. The zero-order valence-electron chi connectivity index (χ0n) is 29.0. The van der Waals surface area contributed by atoms with Gasteiger partial charge in [0, 0.05) is 12.8 Å². The van der Waals surface area contributed by atoms with Crippen LogP contribution < -0.4 is 0 Å². The molecule has 0 saturated carbocycles. The molecule has 266 valence electrons. The molecule has 0 radical (unpaired) electrons. The predicted octanol–water partition coefficient (Wildman–Crippen LogP) is 10.4. The minimum absolute atomic E-state index is 0.196. The van der Waals surface area contributed by atoms with Crippen molar-refractivity contribution in [3.8, 4) is 0 Å². The lowest BCUT2D eigenvalue weighted by Crippen LogP contribution is -2.29. The number of phosphoric ester groups is 1. The van der Waals surface area contributed by atoms with Crippen molar-refractivity contribution in [3.05, 3.63) is 48.6 Å². The van der Waals surface area contributed by atoms with E-state index in [0.29, 0.717) is 12.8 Å². The summed E-state index contributed by atoms with van der Waals surface area (Å²) < 4.78 is 26.2. The second-order valence-electron chi connectivity index (χ2n) is 11.8. The van der Waals surface area contributed by atoms with Crippen LogP contribution in [0.5, 0.6) is 0 Å². The molecule has 0 rings (SSSR count). The van der Waals surface area contributed by atoms with Crippen LogP contribution in [0.3, 0.4) is 0 Å². The van der Waals surface area contributed by atoms with Crippen molar-refractivity contribution in [2.24, 2.45) is 0 Å². The third kappa shape index (κ3) is 34.9. The van der Waals surface area contributed by atoms with Gasteiger partial charge in [-0.2, -0.15) is 0 Å². The van der Waals surface area contributed by atoms with Gasteiger partial charge in [0.1, 0.15) is 6.61 Å². The summed E-state index contributed by atoms with van der Waals surface area (Å²) in [5.74, 6) is -0.919. The molecule has 2 N–H and O–H groups in total. The molecule has 0 aromatic heterocycles. The number of phosphoric acid groups is 1. The smallest absolute Gasteiger partial charge is 0.462 e. The molecule has 0 amide bonds. The fourth-order valence-corrected chi connectivity index (χ4v) is 5.03. The van der Waals surface area contributed by atoms with Gasteiger partial charge in [-0.05, 0) is 70.6 Å². The molecule has 0 aliphatic carbocycles. The Morgan fingerprint density at radius 2 is 1.04 bits per heavy atom. The van der Waals surface area contributed by atoms with Crippen LogP contribution in [0, 0.1) is 0 Å². The van der Waals surface area contributed by atoms with E-state index in [1.807, 2.05) is 0 Å². The van der Waals surface area contributed by atoms with Crippen LogP contribution in [0.25, 0.3) is 0 Å². The van der Waals surface area contributed by atoms with E-state index in [4.69, 9.17) is 19.3 Å². The number of hydrogen-bond donors (Lipinski definition) is 2. The zero-order chi connectivity index (χ0) is 34.0. The molecule has 0 bridgehead atoms. The molecular formula is C37H65O8P. The molecule has 46 heavy (non-hydrogen) atoms. The largest absolute Gasteiger partial charge is 0.469 e. The minimum Gasteiger partial charge on any atom is -0.462 e. The summed E-state index contributed by atoms with van der Waals surface area (Å²) in [7, 11) is -4.75. The topological polar surface area (TPSA) is 119 Å². The quantitative estimate of drug-likeness (QED) is 0.0315. The maximum atomic E-state index is 12.3. The van der Waals surface area contributed by atoms with E-state index in [9.17, 15) is 14.2 Å². The molecule has 0 aromatic carbocycles. The number of carbonyl (C=O) groups is 2. The Labute approximate surface area is 280 Å². The molecule has 8 nitrogen and oxygen atoms in total. The second kappa shape index (κ2) is 32.9. The maximum Gasteiger partial charge on any atom is 0.469 e. The molecule has 9 heteroatoms. The average molecular weight is 669 g/mol. The van der Waals surface area contributed by atoms with Crippen LogP contribution in [0.4, 0.5) is 0 Å². The van der Waals surface area contributed by atoms with Gasteiger partial charge in [-0.3, -0.25) is 14.1 Å². The van der Waals surface area contributed by atoms with Crippen molar-refractivity contribution in [2.75, 3.05) is 13.2 Å². The molecule has 0 aromatic rings. The van der Waals surface area contributed by atoms with E-state index in [-0.39, 0.29) is 19.4 Å². The van der Waals surface area contributed by atoms with Crippen LogP contribution in [0.15, 0.2) is 48.6 Å². The van der Waals surface area contributed by atoms with E-state index in [1.54, 1.807) is 0 Å². The van der Waals surface area contributed by atoms with Gasteiger partial charge in [0.05, 0.1) is 6.61 Å². The predicted molar refractivity (Wildman–Crippen MR) is 188 cm³/mol. The van der Waals surface area contributed by atoms with E-state index in [2.05, 4.69) is 67.0 Å². The SMILES string of the molecule is CC/C=C\C/C=C\C/C=C\CCCCCCCC(=O)OC[C@H](COP(=O)(O)O)OC(=O)CCCCCCC/C=C\CCCCCC. The van der Waals surface area contributed by atoms with Gasteiger partial charge in [0.15, 0.2) is 6.10 Å². The highest BCUT2D eigenvalue weighted by atomic mass is 31.2. The van der Waals surface area contributed by atoms with Gasteiger partial charge in [0.25, 0.3) is 0 Å². The monoisotopic (exact) mass is 668 g/mol. The Balaban J connectivity index is 4.04. The average Bonchev–Trinajstić information content (AvgIpc) is 3.02. The van der Waals surface area contributed by atoms with Crippen molar-refractivity contribution < 1.29 is 37.9 Å². The first-order valence-electron chi connectivity index (χ1n) is 17.9. The molecule has 1 atom stereocenters. The zero-order valence-corrected chi connectivity index (χ0v) is 29.9. The first-order chi connectivity index (χ1) is 22.3. The molecule has 0 aliphatic rings. The van der Waals surface area contributed by atoms with Gasteiger partial charge in [-0.1, -0.05) is 120 Å². The normalized spacial score (nSPS) is 13.0. The first-order valence-corrected chi connectivity index (χ1v) is 19.5. The highest BCUT2D eigenvalue weighted by Gasteiger charge is 2.22. The summed E-state index contributed by atoms with van der Waals surface area (Å²) in [6, 6.07) is 0. The Bertz CT molecular complexity index is 890. The summed E-state index contributed by atoms with van der Waals surface area (Å²) in [4.78, 5) is 42.6. The van der Waals surface area contributed by atoms with E-state index >= 15 is 0 Å². The van der Waals surface area contributed by atoms with Gasteiger partial charge in [0.2, 0.25) is 0 Å². The molecule has 0 saturated heterocycles. The fourth-order valence-electron chi connectivity index (χ4n) is 4.67. The lowest BCUT2D eigenvalue weighted by Gasteiger charge is -2.18. The van der Waals surface area contributed by atoms with E-state index in [0.717, 1.165) is 89.9 Å². The fraction of sp³-hybridized carbons (Fsp3) is 0.730. The molecule has 0 unspecified atom stereocenters. The summed E-state index contributed by atoms with van der Waals surface area (Å²) in [6.07, 6.45) is 38.3. The number of carbonyl (C=O) groups excluding carboxylic acids is 2. The molecule has 0 heterocycles. The Kier molecular flexibility index (Phi) is 31.5. The summed E-state index contributed by atoms with van der Waals surface area (Å²) in [5.41, 5.74) is 0. The lowest BCUT2D eigenvalue weighted by molar-refractivity contribution is -0.161. The van der Waals surface area contributed by atoms with Crippen molar-refractivity contribution in [2.45, 2.75) is 161 Å². The molecular weight excluding hydrogens is 603 g/mol. The molecule has 0 aliphatic heterocycles. The summed E-state index contributed by atoms with van der Waals surface area (Å²) in [6.45, 7) is 3.51. The Morgan fingerprint density at radius 1 is 0.587 bits per heavy atom. The van der Waals surface area contributed by atoms with Crippen molar-refractivity contribution >= 4 is 19.8 Å². The number of esters is 2. The Morgan fingerprint density at radius 3 is 1.59 bits per heavy atom. The van der Waals surface area contributed by atoms with Crippen LogP contribution in [-0.2, 0) is 28.2 Å². The van der Waals surface area contributed by atoms with Crippen LogP contribution in [0.1, 0.15) is 155 Å². The number of allylic oxidation sites excluding steroid dienone is 8. The lowest BCUT2D eigenvalue weighted by atomic mass is 10.1. The van der Waals surface area contributed by atoms with Crippen LogP contribution in [-0.4, -0.2) is 41.0 Å². The second-order valence-corrected chi connectivity index (χ2v) is 13.0. The number of unbranched alkanes of at least 4 members (excludes halogenated alkanes) is 14. The minimum atomic E-state index is -4.75. The molecule has 0 spiro atoms. The number of ether oxygens (including phenoxy) is 2. The third-order valence-corrected chi connectivity index (χ3v) is 7.82. The van der Waals surface area contributed by atoms with E-state index in [1.165, 1.54) is 25.7 Å². The number of hydrogen-bond acceptors (Lipinski definition) is 6. The van der Waals surface area contributed by atoms with Crippen molar-refractivity contribution in [1.29, 1.82) is 0 Å². The van der Waals surface area contributed by atoms with Gasteiger partial charge < -0.3 is 19.3 Å².